The van der Waals surface area contributed by atoms with Crippen molar-refractivity contribution in [2.75, 3.05) is 49.5 Å². The second kappa shape index (κ2) is 19.1. The summed E-state index contributed by atoms with van der Waals surface area (Å²) >= 11 is 0. The highest BCUT2D eigenvalue weighted by Crippen LogP contribution is 2.33. The van der Waals surface area contributed by atoms with Crippen molar-refractivity contribution in [2.45, 2.75) is 63.5 Å². The molecule has 2 aliphatic carbocycles. The van der Waals surface area contributed by atoms with Gasteiger partial charge in [0.15, 0.2) is 0 Å². The molecular weight excluding hydrogens is 741 g/mol. The molecule has 0 bridgehead atoms. The lowest BCUT2D eigenvalue weighted by molar-refractivity contribution is -0.134. The molecule has 6 rings (SSSR count). The molecule has 18 nitrogen and oxygen atoms in total. The Hall–Kier alpha value is -4.66. The zero-order valence-electron chi connectivity index (χ0n) is 30.8. The lowest BCUT2D eigenvalue weighted by Crippen LogP contribution is -2.37. The molecule has 2 aliphatic rings. The Bertz CT molecular complexity index is 1940. The number of anilines is 2. The summed E-state index contributed by atoms with van der Waals surface area (Å²) in [4.78, 5) is 47.1. The largest absolute Gasteiger partial charge is 0.478 e. The molecule has 20 heteroatoms. The van der Waals surface area contributed by atoms with E-state index in [1.54, 1.807) is 12.7 Å². The number of hydrogen-bond acceptors (Lipinski definition) is 12. The third-order valence-corrected chi connectivity index (χ3v) is 13.0. The topological polar surface area (TPSA) is 257 Å². The van der Waals surface area contributed by atoms with Crippen LogP contribution in [0.2, 0.25) is 0 Å². The van der Waals surface area contributed by atoms with Crippen LogP contribution in [0.1, 0.15) is 51.4 Å². The second-order valence-electron chi connectivity index (χ2n) is 13.4. The Labute approximate surface area is 315 Å². The van der Waals surface area contributed by atoms with E-state index < -0.39 is 32.0 Å². The minimum absolute atomic E-state index is 0.232. The molecule has 0 atom stereocenters. The van der Waals surface area contributed by atoms with Crippen molar-refractivity contribution in [1.29, 1.82) is 0 Å². The zero-order chi connectivity index (χ0) is 39.5. The molecule has 4 aromatic heterocycles. The van der Waals surface area contributed by atoms with Crippen LogP contribution in [0, 0.1) is 11.8 Å². The molecule has 4 heterocycles. The minimum atomic E-state index is -3.12. The average Bonchev–Trinajstić information content (AvgIpc) is 3.85. The molecule has 0 aromatic carbocycles. The molecule has 0 radical (unpaired) electrons. The van der Waals surface area contributed by atoms with Crippen LogP contribution in [0.5, 0.6) is 0 Å². The number of fused-ring (bicyclic) bond motifs is 2. The Kier molecular flexibility index (Phi) is 14.9. The molecule has 0 spiro atoms. The van der Waals surface area contributed by atoms with Gasteiger partial charge in [0.2, 0.25) is 20.0 Å². The van der Waals surface area contributed by atoms with Gasteiger partial charge in [-0.3, -0.25) is 0 Å². The summed E-state index contributed by atoms with van der Waals surface area (Å²) in [6.07, 6.45) is 15.7. The van der Waals surface area contributed by atoms with E-state index in [0.29, 0.717) is 24.2 Å². The smallest absolute Gasteiger partial charge is 0.328 e. The standard InChI is InChI=1S/2C15H23N5O2S.C4H4O4/c2*1-16-23(21,22)9-11-3-5-12(6-4-11)20(2)15-13-7-8-17-14(13)18-10-19-15;5-3(6)1-2-4(7)8/h2*7-8,10-12,16H,3-6,9H2,1-2H3,(H,17,18,19);1-2H,(H,5,6)(H,7,8)/b;;2-1-. The summed E-state index contributed by atoms with van der Waals surface area (Å²) in [5, 5.41) is 17.7. The number of aromatic nitrogens is 6. The first-order chi connectivity index (χ1) is 25.6. The fourth-order valence-corrected chi connectivity index (χ4v) is 9.19. The molecule has 296 valence electrons. The lowest BCUT2D eigenvalue weighted by Gasteiger charge is -2.35. The summed E-state index contributed by atoms with van der Waals surface area (Å²) < 4.78 is 51.5. The molecule has 0 saturated heterocycles. The Morgan fingerprint density at radius 1 is 0.685 bits per heavy atom. The maximum Gasteiger partial charge on any atom is 0.328 e. The van der Waals surface area contributed by atoms with Gasteiger partial charge in [0.05, 0.1) is 22.3 Å². The third kappa shape index (κ3) is 11.9. The maximum atomic E-state index is 11.7. The first kappa shape index (κ1) is 42.1. The summed E-state index contributed by atoms with van der Waals surface area (Å²) in [6.45, 7) is 0. The average molecular weight is 791 g/mol. The van der Waals surface area contributed by atoms with E-state index in [0.717, 1.165) is 85.1 Å². The molecular formula is C34H50N10O8S2. The van der Waals surface area contributed by atoms with E-state index in [4.69, 9.17) is 10.2 Å². The lowest BCUT2D eigenvalue weighted by atomic mass is 9.86. The van der Waals surface area contributed by atoms with Gasteiger partial charge in [-0.1, -0.05) is 0 Å². The number of aromatic amines is 2. The number of rotatable bonds is 12. The number of aliphatic carboxylic acids is 2. The van der Waals surface area contributed by atoms with Gasteiger partial charge in [-0.15, -0.1) is 0 Å². The SMILES string of the molecule is CNS(=O)(=O)CC1CCC(N(C)c2ncnc3[nH]ccc23)CC1.CNS(=O)(=O)CC1CCC(N(C)c2ncnc3[nH]ccc23)CC1.O=C(O)/C=C\C(=O)O. The zero-order valence-corrected chi connectivity index (χ0v) is 32.5. The van der Waals surface area contributed by atoms with Crippen molar-refractivity contribution in [1.82, 2.24) is 39.3 Å². The van der Waals surface area contributed by atoms with Crippen molar-refractivity contribution in [3.63, 3.8) is 0 Å². The predicted octanol–water partition coefficient (Wildman–Crippen LogP) is 2.72. The van der Waals surface area contributed by atoms with Gasteiger partial charge in [-0.05, 0) is 89.4 Å². The van der Waals surface area contributed by atoms with Crippen molar-refractivity contribution in [3.8, 4) is 0 Å². The number of nitrogens with one attached hydrogen (secondary N) is 4. The fraction of sp³-hybridized carbons (Fsp3) is 0.529. The Morgan fingerprint density at radius 2 is 1.04 bits per heavy atom. The summed E-state index contributed by atoms with van der Waals surface area (Å²) in [7, 11) is 0.838. The van der Waals surface area contributed by atoms with E-state index in [1.165, 1.54) is 14.1 Å². The highest BCUT2D eigenvalue weighted by atomic mass is 32.2. The van der Waals surface area contributed by atoms with E-state index in [-0.39, 0.29) is 23.3 Å². The molecule has 6 N–H and O–H groups in total. The van der Waals surface area contributed by atoms with Gasteiger partial charge in [0, 0.05) is 50.7 Å². The van der Waals surface area contributed by atoms with Crippen LogP contribution >= 0.6 is 0 Å². The van der Waals surface area contributed by atoms with E-state index in [2.05, 4.69) is 63.2 Å². The van der Waals surface area contributed by atoms with Crippen LogP contribution in [0.25, 0.3) is 22.1 Å². The van der Waals surface area contributed by atoms with Gasteiger partial charge in [0.25, 0.3) is 0 Å². The number of H-pyrrole nitrogens is 2. The van der Waals surface area contributed by atoms with Crippen LogP contribution in [-0.4, -0.2) is 121 Å². The highest BCUT2D eigenvalue weighted by Gasteiger charge is 2.29. The van der Waals surface area contributed by atoms with Gasteiger partial charge in [0.1, 0.15) is 35.6 Å². The van der Waals surface area contributed by atoms with E-state index in [9.17, 15) is 26.4 Å². The fourth-order valence-electron chi connectivity index (χ4n) is 6.95. The van der Waals surface area contributed by atoms with Crippen molar-refractivity contribution < 1.29 is 36.6 Å². The number of carbonyl (C=O) groups is 2. The van der Waals surface area contributed by atoms with Crippen LogP contribution in [-0.2, 0) is 29.6 Å². The van der Waals surface area contributed by atoms with Gasteiger partial charge in [-0.25, -0.2) is 55.8 Å². The Morgan fingerprint density at radius 3 is 1.35 bits per heavy atom. The Balaban J connectivity index is 0.000000201. The number of carboxylic acids is 2. The maximum absolute atomic E-state index is 11.7. The molecule has 2 saturated carbocycles. The van der Waals surface area contributed by atoms with Gasteiger partial charge < -0.3 is 30.0 Å². The van der Waals surface area contributed by atoms with Crippen molar-refractivity contribution >= 4 is 65.7 Å². The van der Waals surface area contributed by atoms with Gasteiger partial charge in [-0.2, -0.15) is 0 Å². The summed E-state index contributed by atoms with van der Waals surface area (Å²) in [5.74, 6) is 0.305. The molecule has 0 aliphatic heterocycles. The summed E-state index contributed by atoms with van der Waals surface area (Å²) in [6, 6.07) is 4.76. The first-order valence-corrected chi connectivity index (χ1v) is 20.9. The van der Waals surface area contributed by atoms with Crippen molar-refractivity contribution in [2.24, 2.45) is 11.8 Å². The number of sulfonamides is 2. The monoisotopic (exact) mass is 790 g/mol. The summed E-state index contributed by atoms with van der Waals surface area (Å²) in [5.41, 5.74) is 1.69. The molecule has 0 unspecified atom stereocenters. The first-order valence-electron chi connectivity index (χ1n) is 17.6. The normalized spacial score (nSPS) is 20.4. The van der Waals surface area contributed by atoms with Gasteiger partial charge >= 0.3 is 11.9 Å². The van der Waals surface area contributed by atoms with Crippen LogP contribution < -0.4 is 19.2 Å². The highest BCUT2D eigenvalue weighted by molar-refractivity contribution is 7.89. The molecule has 2 fully saturated rings. The minimum Gasteiger partial charge on any atom is -0.478 e. The van der Waals surface area contributed by atoms with Crippen LogP contribution in [0.4, 0.5) is 11.6 Å². The molecule has 0 amide bonds. The van der Waals surface area contributed by atoms with E-state index in [1.807, 2.05) is 24.5 Å². The number of nitrogens with zero attached hydrogens (tertiary/aromatic N) is 6. The second-order valence-corrected chi connectivity index (χ2v) is 17.4. The number of carboxylic acid groups (broad SMARTS) is 2. The van der Waals surface area contributed by atoms with Crippen molar-refractivity contribution in [3.05, 3.63) is 49.3 Å². The molecule has 4 aromatic rings. The van der Waals surface area contributed by atoms with E-state index >= 15 is 0 Å². The molecule has 54 heavy (non-hydrogen) atoms. The number of hydrogen-bond donors (Lipinski definition) is 6. The van der Waals surface area contributed by atoms with Crippen LogP contribution in [0.15, 0.2) is 49.3 Å². The predicted molar refractivity (Wildman–Crippen MR) is 206 cm³/mol. The quantitative estimate of drug-likeness (QED) is 0.113. The third-order valence-electron chi connectivity index (χ3n) is 9.96. The van der Waals surface area contributed by atoms with Crippen LogP contribution in [0.3, 0.4) is 0 Å².